The Hall–Kier alpha value is -3.93. The van der Waals surface area contributed by atoms with Gasteiger partial charge in [0.05, 0.1) is 18.4 Å². The van der Waals surface area contributed by atoms with Crippen molar-refractivity contribution < 1.29 is 19.4 Å². The predicted molar refractivity (Wildman–Crippen MR) is 118 cm³/mol. The topological polar surface area (TPSA) is 79.7 Å². The molecule has 6 nitrogen and oxygen atoms in total. The smallest absolute Gasteiger partial charge is 0.300 e. The summed E-state index contributed by atoms with van der Waals surface area (Å²) in [6.45, 7) is 3.75. The number of ketones is 1. The Labute approximate surface area is 180 Å². The zero-order valence-electron chi connectivity index (χ0n) is 17.5. The highest BCUT2D eigenvalue weighted by molar-refractivity contribution is 6.51. The Kier molecular flexibility index (Phi) is 5.29. The van der Waals surface area contributed by atoms with Gasteiger partial charge in [-0.25, -0.2) is 0 Å². The van der Waals surface area contributed by atoms with Crippen LogP contribution in [0.5, 0.6) is 5.75 Å². The van der Waals surface area contributed by atoms with Crippen molar-refractivity contribution in [3.05, 3.63) is 94.8 Å². The van der Waals surface area contributed by atoms with Crippen LogP contribution in [-0.2, 0) is 9.59 Å². The summed E-state index contributed by atoms with van der Waals surface area (Å²) >= 11 is 0. The molecule has 1 atom stereocenters. The van der Waals surface area contributed by atoms with Gasteiger partial charge in [0.25, 0.3) is 11.7 Å². The average molecular weight is 414 g/mol. The summed E-state index contributed by atoms with van der Waals surface area (Å²) in [5.41, 5.74) is 3.28. The largest absolute Gasteiger partial charge is 0.507 e. The molecular formula is C25H22N2O4. The number of carbonyl (C=O) groups excluding carboxylic acids is 2. The Morgan fingerprint density at radius 3 is 2.39 bits per heavy atom. The predicted octanol–water partition coefficient (Wildman–Crippen LogP) is 4.33. The highest BCUT2D eigenvalue weighted by Gasteiger charge is 2.47. The van der Waals surface area contributed by atoms with Crippen LogP contribution in [0.2, 0.25) is 0 Å². The lowest BCUT2D eigenvalue weighted by Gasteiger charge is -2.24. The van der Waals surface area contributed by atoms with Crippen molar-refractivity contribution >= 4 is 23.1 Å². The van der Waals surface area contributed by atoms with E-state index in [1.165, 1.54) is 4.90 Å². The molecule has 1 aromatic heterocycles. The van der Waals surface area contributed by atoms with Gasteiger partial charge in [-0.2, -0.15) is 0 Å². The van der Waals surface area contributed by atoms with Gasteiger partial charge in [0.15, 0.2) is 0 Å². The van der Waals surface area contributed by atoms with Gasteiger partial charge in [-0.05, 0) is 61.9 Å². The van der Waals surface area contributed by atoms with E-state index >= 15 is 0 Å². The molecule has 0 radical (unpaired) electrons. The number of aliphatic hydroxyl groups excluding tert-OH is 1. The van der Waals surface area contributed by atoms with Crippen molar-refractivity contribution in [2.45, 2.75) is 19.9 Å². The molecule has 2 heterocycles. The number of nitrogens with zero attached hydrogens (tertiary/aromatic N) is 2. The summed E-state index contributed by atoms with van der Waals surface area (Å²) in [5, 5.41) is 11.2. The van der Waals surface area contributed by atoms with E-state index in [4.69, 9.17) is 4.74 Å². The van der Waals surface area contributed by atoms with Crippen LogP contribution in [0.1, 0.15) is 28.4 Å². The standard InChI is InChI=1S/C25H22N2O4/c1-15-7-9-17(10-8-15)27-22(20-6-4-5-13-26-20)21(24(29)25(27)30)23(28)19-12-11-18(31-3)14-16(19)2/h4-14,22,28H,1-3H3/b23-21-. The third kappa shape index (κ3) is 3.57. The number of anilines is 1. The van der Waals surface area contributed by atoms with Crippen LogP contribution in [-0.4, -0.2) is 28.9 Å². The highest BCUT2D eigenvalue weighted by atomic mass is 16.5. The van der Waals surface area contributed by atoms with Gasteiger partial charge in [0.1, 0.15) is 17.6 Å². The molecule has 1 amide bonds. The normalized spacial score (nSPS) is 17.8. The maximum atomic E-state index is 13.1. The van der Waals surface area contributed by atoms with Crippen LogP contribution in [0.25, 0.3) is 5.76 Å². The molecule has 0 saturated carbocycles. The zero-order chi connectivity index (χ0) is 22.1. The molecule has 0 aliphatic carbocycles. The van der Waals surface area contributed by atoms with E-state index in [1.54, 1.807) is 61.8 Å². The van der Waals surface area contributed by atoms with Crippen LogP contribution in [0.4, 0.5) is 5.69 Å². The number of pyridine rings is 1. The Balaban J connectivity index is 1.93. The maximum absolute atomic E-state index is 13.1. The Bertz CT molecular complexity index is 1180. The van der Waals surface area contributed by atoms with Crippen LogP contribution in [0, 0.1) is 13.8 Å². The Morgan fingerprint density at radius 1 is 1.03 bits per heavy atom. The number of ether oxygens (including phenoxy) is 1. The number of Topliss-reactive ketones (excluding diaryl/α,β-unsaturated/α-hetero) is 1. The minimum absolute atomic E-state index is 0.0116. The molecule has 156 valence electrons. The fourth-order valence-electron chi connectivity index (χ4n) is 3.80. The molecular weight excluding hydrogens is 392 g/mol. The molecule has 1 saturated heterocycles. The molecule has 2 aromatic carbocycles. The fraction of sp³-hybridized carbons (Fsp3) is 0.160. The number of benzene rings is 2. The molecule has 1 fully saturated rings. The van der Waals surface area contributed by atoms with E-state index in [0.29, 0.717) is 22.7 Å². The lowest BCUT2D eigenvalue weighted by atomic mass is 9.96. The van der Waals surface area contributed by atoms with Crippen LogP contribution in [0.15, 0.2) is 72.4 Å². The van der Waals surface area contributed by atoms with Gasteiger partial charge in [-0.1, -0.05) is 23.8 Å². The lowest BCUT2D eigenvalue weighted by molar-refractivity contribution is -0.132. The van der Waals surface area contributed by atoms with Gasteiger partial charge in [-0.3, -0.25) is 19.5 Å². The molecule has 1 aliphatic rings. The minimum atomic E-state index is -0.842. The molecule has 6 heteroatoms. The first kappa shape index (κ1) is 20.3. The maximum Gasteiger partial charge on any atom is 0.300 e. The van der Waals surface area contributed by atoms with Crippen molar-refractivity contribution in [1.82, 2.24) is 4.98 Å². The molecule has 0 spiro atoms. The van der Waals surface area contributed by atoms with E-state index in [9.17, 15) is 14.7 Å². The van der Waals surface area contributed by atoms with Crippen LogP contribution >= 0.6 is 0 Å². The summed E-state index contributed by atoms with van der Waals surface area (Å²) in [5.74, 6) is -1.05. The van der Waals surface area contributed by atoms with Gasteiger partial charge in [0, 0.05) is 17.4 Å². The summed E-state index contributed by atoms with van der Waals surface area (Å²) < 4.78 is 5.23. The van der Waals surface area contributed by atoms with Gasteiger partial charge >= 0.3 is 0 Å². The van der Waals surface area contributed by atoms with E-state index in [1.807, 2.05) is 26.0 Å². The van der Waals surface area contributed by atoms with Gasteiger partial charge in [0.2, 0.25) is 0 Å². The van der Waals surface area contributed by atoms with Crippen molar-refractivity contribution in [1.29, 1.82) is 0 Å². The molecule has 1 unspecified atom stereocenters. The van der Waals surface area contributed by atoms with Crippen LogP contribution < -0.4 is 9.64 Å². The monoisotopic (exact) mass is 414 g/mol. The summed E-state index contributed by atoms with van der Waals surface area (Å²) in [4.78, 5) is 32.0. The van der Waals surface area contributed by atoms with Crippen molar-refractivity contribution in [3.63, 3.8) is 0 Å². The second-order valence-corrected chi connectivity index (χ2v) is 7.44. The van der Waals surface area contributed by atoms with Crippen LogP contribution in [0.3, 0.4) is 0 Å². The van der Waals surface area contributed by atoms with E-state index in [2.05, 4.69) is 4.98 Å². The van der Waals surface area contributed by atoms with Gasteiger partial charge in [-0.15, -0.1) is 0 Å². The number of aliphatic hydroxyl groups is 1. The fourth-order valence-corrected chi connectivity index (χ4v) is 3.80. The number of aryl methyl sites for hydroxylation is 2. The summed E-state index contributed by atoms with van der Waals surface area (Å²) in [7, 11) is 1.56. The van der Waals surface area contributed by atoms with Gasteiger partial charge < -0.3 is 9.84 Å². The summed E-state index contributed by atoms with van der Waals surface area (Å²) in [6, 6.07) is 16.9. The van der Waals surface area contributed by atoms with Crippen molar-refractivity contribution in [2.24, 2.45) is 0 Å². The zero-order valence-corrected chi connectivity index (χ0v) is 17.5. The third-order valence-electron chi connectivity index (χ3n) is 5.41. The number of hydrogen-bond donors (Lipinski definition) is 1. The molecule has 31 heavy (non-hydrogen) atoms. The van der Waals surface area contributed by atoms with E-state index in [-0.39, 0.29) is 11.3 Å². The number of methoxy groups -OCH3 is 1. The number of aromatic nitrogens is 1. The minimum Gasteiger partial charge on any atom is -0.507 e. The van der Waals surface area contributed by atoms with Crippen molar-refractivity contribution in [3.8, 4) is 5.75 Å². The quantitative estimate of drug-likeness (QED) is 0.390. The number of amides is 1. The summed E-state index contributed by atoms with van der Waals surface area (Å²) in [6.07, 6.45) is 1.60. The average Bonchev–Trinajstić information content (AvgIpc) is 3.05. The number of rotatable bonds is 4. The second-order valence-electron chi connectivity index (χ2n) is 7.44. The molecule has 4 rings (SSSR count). The molecule has 1 aliphatic heterocycles. The number of carbonyl (C=O) groups is 2. The SMILES string of the molecule is COc1ccc(/C(O)=C2/C(=O)C(=O)N(c3ccc(C)cc3)C2c2ccccn2)c(C)c1. The lowest BCUT2D eigenvalue weighted by Crippen LogP contribution is -2.29. The second kappa shape index (κ2) is 8.07. The third-order valence-corrected chi connectivity index (χ3v) is 5.41. The van der Waals surface area contributed by atoms with Crippen molar-refractivity contribution in [2.75, 3.05) is 12.0 Å². The highest BCUT2D eigenvalue weighted by Crippen LogP contribution is 2.42. The van der Waals surface area contributed by atoms with E-state index < -0.39 is 17.7 Å². The molecule has 1 N–H and O–H groups in total. The first-order valence-corrected chi connectivity index (χ1v) is 9.86. The first-order valence-electron chi connectivity index (χ1n) is 9.86. The molecule has 3 aromatic rings. The number of hydrogen-bond acceptors (Lipinski definition) is 5. The molecule has 0 bridgehead atoms. The first-order chi connectivity index (χ1) is 14.9. The van der Waals surface area contributed by atoms with E-state index in [0.717, 1.165) is 11.1 Å². The Morgan fingerprint density at radius 2 is 1.77 bits per heavy atom.